The van der Waals surface area contributed by atoms with Crippen molar-refractivity contribution < 1.29 is 16.8 Å². The van der Waals surface area contributed by atoms with Gasteiger partial charge in [-0.25, -0.2) is 26.7 Å². The molecule has 0 aliphatic carbocycles. The van der Waals surface area contributed by atoms with Crippen LogP contribution < -0.4 is 9.86 Å². The lowest BCUT2D eigenvalue weighted by molar-refractivity contribution is 0.554. The lowest BCUT2D eigenvalue weighted by Gasteiger charge is -2.16. The second-order valence-corrected chi connectivity index (χ2v) is 8.49. The quantitative estimate of drug-likeness (QED) is 0.814. The van der Waals surface area contributed by atoms with Crippen LogP contribution >= 0.6 is 0 Å². The number of sulfonamides is 2. The summed E-state index contributed by atoms with van der Waals surface area (Å²) in [4.78, 5) is -0.00140. The lowest BCUT2D eigenvalue weighted by atomic mass is 10.1. The Morgan fingerprint density at radius 2 is 1.55 bits per heavy atom. The smallest absolute Gasteiger partial charge is 0.225 e. The van der Waals surface area contributed by atoms with Gasteiger partial charge in [0.05, 0.1) is 10.6 Å². The molecule has 0 saturated heterocycles. The summed E-state index contributed by atoms with van der Waals surface area (Å²) in [6.07, 6.45) is 0. The molecule has 0 heterocycles. The van der Waals surface area contributed by atoms with Gasteiger partial charge < -0.3 is 0 Å². The highest BCUT2D eigenvalue weighted by Gasteiger charge is 2.17. The first-order chi connectivity index (χ1) is 9.01. The minimum absolute atomic E-state index is 0.00140. The van der Waals surface area contributed by atoms with Crippen molar-refractivity contribution in [3.8, 4) is 0 Å². The summed E-state index contributed by atoms with van der Waals surface area (Å²) in [6, 6.07) is 5.37. The van der Waals surface area contributed by atoms with Crippen LogP contribution in [0.2, 0.25) is 0 Å². The van der Waals surface area contributed by atoms with Gasteiger partial charge >= 0.3 is 0 Å². The number of hydrogen-bond acceptors (Lipinski definition) is 4. The molecule has 0 saturated carbocycles. The number of hydrogen-bond donors (Lipinski definition) is 2. The fourth-order valence-electron chi connectivity index (χ4n) is 1.77. The zero-order valence-electron chi connectivity index (χ0n) is 11.7. The minimum atomic E-state index is -3.73. The Hall–Kier alpha value is -0.960. The van der Waals surface area contributed by atoms with Crippen molar-refractivity contribution in [1.29, 1.82) is 0 Å². The van der Waals surface area contributed by atoms with Crippen LogP contribution in [0.1, 0.15) is 32.4 Å². The number of nitrogens with two attached hydrogens (primary N) is 1. The lowest BCUT2D eigenvalue weighted by Crippen LogP contribution is -2.30. The molecule has 0 aliphatic heterocycles. The van der Waals surface area contributed by atoms with Crippen molar-refractivity contribution in [3.05, 3.63) is 29.8 Å². The first kappa shape index (κ1) is 17.1. The van der Waals surface area contributed by atoms with Crippen LogP contribution in [-0.4, -0.2) is 22.6 Å². The molecular formula is C12H20N2O4S2. The van der Waals surface area contributed by atoms with Crippen LogP contribution in [0.5, 0.6) is 0 Å². The molecule has 1 atom stereocenters. The molecule has 1 aromatic rings. The Kier molecular flexibility index (Phi) is 5.31. The molecule has 0 aliphatic rings. The summed E-state index contributed by atoms with van der Waals surface area (Å²) in [7, 11) is -7.09. The molecule has 6 nitrogen and oxygen atoms in total. The predicted octanol–water partition coefficient (Wildman–Crippen LogP) is 0.970. The Bertz CT molecular complexity index is 649. The van der Waals surface area contributed by atoms with E-state index in [1.54, 1.807) is 19.1 Å². The third-order valence-corrected chi connectivity index (χ3v) is 5.37. The average Bonchev–Trinajstić information content (AvgIpc) is 2.25. The van der Waals surface area contributed by atoms with Gasteiger partial charge in [-0.3, -0.25) is 0 Å². The number of benzene rings is 1. The van der Waals surface area contributed by atoms with Crippen LogP contribution in [0, 0.1) is 5.92 Å². The normalized spacial score (nSPS) is 14.4. The van der Waals surface area contributed by atoms with Crippen LogP contribution in [0.3, 0.4) is 0 Å². The summed E-state index contributed by atoms with van der Waals surface area (Å²) in [5.41, 5.74) is 0.671. The summed E-state index contributed by atoms with van der Waals surface area (Å²) in [5, 5.41) is 5.00. The first-order valence-electron chi connectivity index (χ1n) is 6.14. The maximum Gasteiger partial charge on any atom is 0.238 e. The van der Waals surface area contributed by atoms with E-state index in [0.29, 0.717) is 5.56 Å². The van der Waals surface area contributed by atoms with Crippen LogP contribution in [-0.2, 0) is 20.0 Å². The summed E-state index contributed by atoms with van der Waals surface area (Å²) < 4.78 is 48.5. The Balaban J connectivity index is 2.86. The molecule has 8 heteroatoms. The van der Waals surface area contributed by atoms with E-state index < -0.39 is 26.1 Å². The highest BCUT2D eigenvalue weighted by molar-refractivity contribution is 7.89. The molecule has 0 fully saturated rings. The van der Waals surface area contributed by atoms with E-state index in [4.69, 9.17) is 5.14 Å². The molecule has 0 amide bonds. The second kappa shape index (κ2) is 6.21. The number of nitrogens with one attached hydrogen (secondary N) is 1. The molecule has 0 bridgehead atoms. The van der Waals surface area contributed by atoms with Crippen LogP contribution in [0.15, 0.2) is 29.2 Å². The molecule has 3 N–H and O–H groups in total. The largest absolute Gasteiger partial charge is 0.238 e. The number of rotatable bonds is 6. The average molecular weight is 320 g/mol. The second-order valence-electron chi connectivity index (χ2n) is 5.13. The van der Waals surface area contributed by atoms with Gasteiger partial charge in [-0.15, -0.1) is 0 Å². The topological polar surface area (TPSA) is 106 Å². The summed E-state index contributed by atoms with van der Waals surface area (Å²) in [6.45, 7) is 5.35. The maximum atomic E-state index is 11.8. The van der Waals surface area contributed by atoms with E-state index in [2.05, 4.69) is 4.72 Å². The van der Waals surface area contributed by atoms with Crippen molar-refractivity contribution in [3.63, 3.8) is 0 Å². The molecule has 1 aromatic carbocycles. The third kappa shape index (κ3) is 5.20. The van der Waals surface area contributed by atoms with Gasteiger partial charge in [-0.2, -0.15) is 0 Å². The predicted molar refractivity (Wildman–Crippen MR) is 78.0 cm³/mol. The van der Waals surface area contributed by atoms with E-state index in [1.165, 1.54) is 12.1 Å². The van der Waals surface area contributed by atoms with Gasteiger partial charge in [0.15, 0.2) is 0 Å². The molecule has 0 radical (unpaired) electrons. The van der Waals surface area contributed by atoms with Crippen molar-refractivity contribution in [1.82, 2.24) is 4.72 Å². The highest BCUT2D eigenvalue weighted by atomic mass is 32.2. The highest BCUT2D eigenvalue weighted by Crippen LogP contribution is 2.16. The summed E-state index contributed by atoms with van der Waals surface area (Å²) in [5.74, 6) is 0.0801. The van der Waals surface area contributed by atoms with Crippen molar-refractivity contribution >= 4 is 20.0 Å². The minimum Gasteiger partial charge on any atom is -0.225 e. The Morgan fingerprint density at radius 3 is 1.95 bits per heavy atom. The van der Waals surface area contributed by atoms with Crippen molar-refractivity contribution in [2.45, 2.75) is 31.7 Å². The zero-order chi connectivity index (χ0) is 15.6. The van der Waals surface area contributed by atoms with E-state index in [0.717, 1.165) is 0 Å². The Morgan fingerprint density at radius 1 is 1.05 bits per heavy atom. The van der Waals surface area contributed by atoms with E-state index in [-0.39, 0.29) is 16.6 Å². The molecule has 1 rings (SSSR count). The SMILES string of the molecule is CC(C)CS(=O)(=O)NC(C)c1ccc(S(N)(=O)=O)cc1. The monoisotopic (exact) mass is 320 g/mol. The standard InChI is InChI=1S/C12H20N2O4S2/c1-9(2)8-19(15,16)14-10(3)11-4-6-12(7-5-11)20(13,17)18/h4-7,9-10,14H,8H2,1-3H3,(H2,13,17,18). The molecule has 114 valence electrons. The van der Waals surface area contributed by atoms with E-state index in [1.807, 2.05) is 13.8 Å². The first-order valence-corrected chi connectivity index (χ1v) is 9.34. The van der Waals surface area contributed by atoms with E-state index >= 15 is 0 Å². The van der Waals surface area contributed by atoms with Crippen molar-refractivity contribution in [2.75, 3.05) is 5.75 Å². The summed E-state index contributed by atoms with van der Waals surface area (Å²) >= 11 is 0. The van der Waals surface area contributed by atoms with E-state index in [9.17, 15) is 16.8 Å². The van der Waals surface area contributed by atoms with Crippen molar-refractivity contribution in [2.24, 2.45) is 11.1 Å². The van der Waals surface area contributed by atoms with Gasteiger partial charge in [-0.1, -0.05) is 26.0 Å². The fourth-order valence-corrected chi connectivity index (χ4v) is 3.93. The third-order valence-electron chi connectivity index (χ3n) is 2.62. The molecule has 0 aromatic heterocycles. The number of primary sulfonamides is 1. The van der Waals surface area contributed by atoms with Crippen LogP contribution in [0.4, 0.5) is 0 Å². The maximum absolute atomic E-state index is 11.8. The van der Waals surface area contributed by atoms with Gasteiger partial charge in [-0.05, 0) is 30.5 Å². The zero-order valence-corrected chi connectivity index (χ0v) is 13.3. The van der Waals surface area contributed by atoms with Gasteiger partial charge in [0.25, 0.3) is 0 Å². The Labute approximate surface area is 120 Å². The van der Waals surface area contributed by atoms with Gasteiger partial charge in [0.1, 0.15) is 0 Å². The van der Waals surface area contributed by atoms with Gasteiger partial charge in [0, 0.05) is 6.04 Å². The fraction of sp³-hybridized carbons (Fsp3) is 0.500. The molecule has 20 heavy (non-hydrogen) atoms. The molecule has 0 spiro atoms. The van der Waals surface area contributed by atoms with Gasteiger partial charge in [0.2, 0.25) is 20.0 Å². The molecule has 1 unspecified atom stereocenters. The molecular weight excluding hydrogens is 300 g/mol. The van der Waals surface area contributed by atoms with Crippen LogP contribution in [0.25, 0.3) is 0 Å².